The lowest BCUT2D eigenvalue weighted by Crippen LogP contribution is -2.11. The van der Waals surface area contributed by atoms with Crippen molar-refractivity contribution in [2.75, 3.05) is 4.72 Å². The van der Waals surface area contributed by atoms with Gasteiger partial charge in [0.2, 0.25) is 0 Å². The van der Waals surface area contributed by atoms with Gasteiger partial charge in [-0.25, -0.2) is 13.4 Å². The predicted octanol–water partition coefficient (Wildman–Crippen LogP) is 5.73. The van der Waals surface area contributed by atoms with E-state index in [0.717, 1.165) is 20.7 Å². The number of thiophene rings is 1. The lowest BCUT2D eigenvalue weighted by Gasteiger charge is -2.14. The Hall–Kier alpha value is -1.22. The van der Waals surface area contributed by atoms with Crippen molar-refractivity contribution >= 4 is 54.3 Å². The van der Waals surface area contributed by atoms with Crippen molar-refractivity contribution in [1.82, 2.24) is 4.98 Å². The van der Waals surface area contributed by atoms with E-state index in [-0.39, 0.29) is 9.62 Å². The number of nitrogens with one attached hydrogen (secondary N) is 1. The molecule has 0 fully saturated rings. The molecule has 0 saturated heterocycles. The molecule has 4 nitrogen and oxygen atoms in total. The summed E-state index contributed by atoms with van der Waals surface area (Å²) in [6.45, 7) is 6.33. The average Bonchev–Trinajstić information content (AvgIpc) is 3.16. The summed E-state index contributed by atoms with van der Waals surface area (Å²) in [5, 5.41) is 4.70. The van der Waals surface area contributed by atoms with E-state index in [1.54, 1.807) is 24.3 Å². The van der Waals surface area contributed by atoms with Crippen molar-refractivity contribution in [2.45, 2.75) is 30.4 Å². The van der Waals surface area contributed by atoms with Gasteiger partial charge in [-0.15, -0.1) is 22.7 Å². The number of hydrogen-bond acceptors (Lipinski definition) is 5. The van der Waals surface area contributed by atoms with Crippen molar-refractivity contribution in [1.29, 1.82) is 0 Å². The maximum absolute atomic E-state index is 12.6. The van der Waals surface area contributed by atoms with E-state index in [1.807, 2.05) is 16.8 Å². The molecule has 0 aliphatic rings. The fraction of sp³-hybridized carbons (Fsp3) is 0.235. The average molecular weight is 457 g/mol. The fourth-order valence-electron chi connectivity index (χ4n) is 2.08. The standard InChI is InChI=1S/C17H17BrN2O2S3/c1-17(2,3)14-10-24-16(19-14)11-7-15(23-9-11)25(21,22)20-13-6-4-5-12(18)8-13/h4-10,20H,1-3H3. The van der Waals surface area contributed by atoms with Gasteiger partial charge in [-0.3, -0.25) is 4.72 Å². The minimum absolute atomic E-state index is 0.0259. The fourth-order valence-corrected chi connectivity index (χ4v) is 5.80. The molecule has 0 unspecified atom stereocenters. The molecule has 2 heterocycles. The third-order valence-electron chi connectivity index (χ3n) is 3.44. The van der Waals surface area contributed by atoms with Crippen molar-refractivity contribution in [3.63, 3.8) is 0 Å². The zero-order valence-corrected chi connectivity index (χ0v) is 17.9. The summed E-state index contributed by atoms with van der Waals surface area (Å²) in [4.78, 5) is 4.65. The largest absolute Gasteiger partial charge is 0.279 e. The van der Waals surface area contributed by atoms with Crippen molar-refractivity contribution in [3.8, 4) is 10.6 Å². The number of nitrogens with zero attached hydrogens (tertiary/aromatic N) is 1. The third-order valence-corrected chi connectivity index (χ3v) is 7.64. The molecule has 0 amide bonds. The first-order valence-corrected chi connectivity index (χ1v) is 11.5. The highest BCUT2D eigenvalue weighted by Crippen LogP contribution is 2.34. The first-order valence-electron chi connectivity index (χ1n) is 7.48. The molecule has 132 valence electrons. The summed E-state index contributed by atoms with van der Waals surface area (Å²) >= 11 is 6.07. The van der Waals surface area contributed by atoms with Gasteiger partial charge in [0.15, 0.2) is 0 Å². The van der Waals surface area contributed by atoms with Crippen LogP contribution < -0.4 is 4.72 Å². The first kappa shape index (κ1) is 18.6. The molecule has 1 aromatic carbocycles. The van der Waals surface area contributed by atoms with E-state index < -0.39 is 10.0 Å². The second-order valence-corrected chi connectivity index (χ2v) is 11.2. The Kier molecular flexibility index (Phi) is 5.07. The van der Waals surface area contributed by atoms with E-state index in [9.17, 15) is 8.42 Å². The van der Waals surface area contributed by atoms with E-state index in [4.69, 9.17) is 0 Å². The molecule has 1 N–H and O–H groups in total. The van der Waals surface area contributed by atoms with Crippen molar-refractivity contribution < 1.29 is 8.42 Å². The highest BCUT2D eigenvalue weighted by atomic mass is 79.9. The predicted molar refractivity (Wildman–Crippen MR) is 109 cm³/mol. The van der Waals surface area contributed by atoms with Crippen LogP contribution in [0.1, 0.15) is 26.5 Å². The summed E-state index contributed by atoms with van der Waals surface area (Å²) in [6, 6.07) is 8.74. The molecule has 0 bridgehead atoms. The summed E-state index contributed by atoms with van der Waals surface area (Å²) in [5.41, 5.74) is 2.34. The van der Waals surface area contributed by atoms with Gasteiger partial charge in [-0.2, -0.15) is 0 Å². The number of aromatic nitrogens is 1. The number of thiazole rings is 1. The van der Waals surface area contributed by atoms with Crippen molar-refractivity contribution in [3.05, 3.63) is 51.3 Å². The Balaban J connectivity index is 1.86. The number of rotatable bonds is 4. The number of anilines is 1. The van der Waals surface area contributed by atoms with Gasteiger partial charge in [0.25, 0.3) is 10.0 Å². The molecule has 0 aliphatic heterocycles. The topological polar surface area (TPSA) is 59.1 Å². The van der Waals surface area contributed by atoms with Crippen LogP contribution in [0.5, 0.6) is 0 Å². The Morgan fingerprint density at radius 1 is 1.12 bits per heavy atom. The Morgan fingerprint density at radius 3 is 2.52 bits per heavy atom. The number of hydrogen-bond donors (Lipinski definition) is 1. The molecule has 8 heteroatoms. The van der Waals surface area contributed by atoms with Crippen LogP contribution in [0.3, 0.4) is 0 Å². The van der Waals surface area contributed by atoms with Crippen LogP contribution in [0.25, 0.3) is 10.6 Å². The molecule has 0 saturated carbocycles. The molecule has 0 atom stereocenters. The molecule has 0 aliphatic carbocycles. The van der Waals surface area contributed by atoms with Gasteiger partial charge in [-0.1, -0.05) is 42.8 Å². The second-order valence-electron chi connectivity index (χ2n) is 6.56. The first-order chi connectivity index (χ1) is 11.6. The minimum Gasteiger partial charge on any atom is -0.279 e. The van der Waals surface area contributed by atoms with E-state index in [0.29, 0.717) is 5.69 Å². The summed E-state index contributed by atoms with van der Waals surface area (Å²) in [6.07, 6.45) is 0. The molecule has 2 aromatic heterocycles. The zero-order valence-electron chi connectivity index (χ0n) is 13.9. The molecular formula is C17H17BrN2O2S3. The third kappa shape index (κ3) is 4.31. The Morgan fingerprint density at radius 2 is 1.88 bits per heavy atom. The SMILES string of the molecule is CC(C)(C)c1csc(-c2csc(S(=O)(=O)Nc3cccc(Br)c3)c2)n1. The van der Waals surface area contributed by atoms with Gasteiger partial charge in [0.1, 0.15) is 9.22 Å². The highest BCUT2D eigenvalue weighted by Gasteiger charge is 2.21. The van der Waals surface area contributed by atoms with Crippen molar-refractivity contribution in [2.24, 2.45) is 0 Å². The molecule has 3 aromatic rings. The summed E-state index contributed by atoms with van der Waals surface area (Å²) in [5.74, 6) is 0. The zero-order chi connectivity index (χ0) is 18.2. The van der Waals surface area contributed by atoms with Gasteiger partial charge in [-0.05, 0) is 24.3 Å². The number of halogens is 1. The molecular weight excluding hydrogens is 440 g/mol. The minimum atomic E-state index is -3.61. The van der Waals surface area contributed by atoms with E-state index >= 15 is 0 Å². The summed E-state index contributed by atoms with van der Waals surface area (Å²) < 4.78 is 28.9. The maximum atomic E-state index is 12.6. The van der Waals surface area contributed by atoms with Crippen LogP contribution >= 0.6 is 38.6 Å². The van der Waals surface area contributed by atoms with Crippen LogP contribution in [0.2, 0.25) is 0 Å². The van der Waals surface area contributed by atoms with Crippen LogP contribution in [-0.2, 0) is 15.4 Å². The van der Waals surface area contributed by atoms with Crippen LogP contribution in [-0.4, -0.2) is 13.4 Å². The molecule has 0 radical (unpaired) electrons. The van der Waals surface area contributed by atoms with Gasteiger partial charge in [0, 0.05) is 31.9 Å². The Labute approximate surface area is 164 Å². The maximum Gasteiger partial charge on any atom is 0.271 e. The lowest BCUT2D eigenvalue weighted by atomic mass is 9.93. The quantitative estimate of drug-likeness (QED) is 0.544. The second kappa shape index (κ2) is 6.83. The summed E-state index contributed by atoms with van der Waals surface area (Å²) in [7, 11) is -3.61. The monoisotopic (exact) mass is 456 g/mol. The molecule has 25 heavy (non-hydrogen) atoms. The van der Waals surface area contributed by atoms with Crippen LogP contribution in [0, 0.1) is 0 Å². The van der Waals surface area contributed by atoms with E-state index in [2.05, 4.69) is 46.4 Å². The normalized spacial score (nSPS) is 12.3. The molecule has 0 spiro atoms. The number of sulfonamides is 1. The van der Waals surface area contributed by atoms with Crippen LogP contribution in [0.4, 0.5) is 5.69 Å². The van der Waals surface area contributed by atoms with E-state index in [1.165, 1.54) is 22.7 Å². The number of benzene rings is 1. The van der Waals surface area contributed by atoms with Gasteiger partial charge >= 0.3 is 0 Å². The van der Waals surface area contributed by atoms with Gasteiger partial charge in [0.05, 0.1) is 5.69 Å². The Bertz CT molecular complexity index is 1000. The van der Waals surface area contributed by atoms with Crippen LogP contribution in [0.15, 0.2) is 49.8 Å². The highest BCUT2D eigenvalue weighted by molar-refractivity contribution is 9.10. The van der Waals surface area contributed by atoms with Gasteiger partial charge < -0.3 is 0 Å². The smallest absolute Gasteiger partial charge is 0.271 e. The lowest BCUT2D eigenvalue weighted by molar-refractivity contribution is 0.573. The molecule has 3 rings (SSSR count).